The van der Waals surface area contributed by atoms with Crippen LogP contribution in [0.5, 0.6) is 0 Å². The van der Waals surface area contributed by atoms with Crippen LogP contribution in [-0.4, -0.2) is 11.0 Å². The van der Waals surface area contributed by atoms with Crippen molar-refractivity contribution in [2.24, 2.45) is 0 Å². The van der Waals surface area contributed by atoms with E-state index in [4.69, 9.17) is 0 Å². The molecule has 0 saturated carbocycles. The van der Waals surface area contributed by atoms with E-state index in [-0.39, 0.29) is 5.82 Å². The van der Waals surface area contributed by atoms with Crippen molar-refractivity contribution >= 4 is 0 Å². The molecule has 1 aliphatic carbocycles. The minimum atomic E-state index is -0.0634. The lowest BCUT2D eigenvalue weighted by molar-refractivity contribution is 0.445. The highest BCUT2D eigenvalue weighted by Gasteiger charge is 2.20. The number of hydrogen-bond acceptors (Lipinski definition) is 3. The largest absolute Gasteiger partial charge is 0.310 e. The number of nitrogens with zero attached hydrogens (tertiary/aromatic N) is 1. The summed E-state index contributed by atoms with van der Waals surface area (Å²) in [6.07, 6.45) is 4.60. The van der Waals surface area contributed by atoms with Gasteiger partial charge in [-0.15, -0.1) is 0 Å². The molecule has 0 saturated heterocycles. The molecule has 4 rings (SSSR count). The molecule has 1 aliphatic rings. The van der Waals surface area contributed by atoms with Gasteiger partial charge in [0.25, 0.3) is 0 Å². The Morgan fingerprint density at radius 3 is 2.50 bits per heavy atom. The summed E-state index contributed by atoms with van der Waals surface area (Å²) in [7, 11) is 0. The smallest absolute Gasteiger partial charge is 0.126 e. The second-order valence-electron chi connectivity index (χ2n) is 7.44. The number of nitrogens with one attached hydrogen (secondary N) is 2. The minimum Gasteiger partial charge on any atom is -0.310 e. The van der Waals surface area contributed by atoms with Crippen molar-refractivity contribution in [2.45, 2.75) is 44.9 Å². The molecule has 0 bridgehead atoms. The third-order valence-electron chi connectivity index (χ3n) is 5.41. The fourth-order valence-electron chi connectivity index (χ4n) is 3.79. The average Bonchev–Trinajstić information content (AvgIpc) is 2.74. The zero-order chi connectivity index (χ0) is 19.2. The zero-order valence-corrected chi connectivity index (χ0v) is 16.0. The third kappa shape index (κ3) is 4.83. The van der Waals surface area contributed by atoms with Crippen molar-refractivity contribution in [3.05, 3.63) is 101 Å². The number of rotatable bonds is 7. The lowest BCUT2D eigenvalue weighted by atomic mass is 9.88. The second-order valence-corrected chi connectivity index (χ2v) is 7.44. The van der Waals surface area contributed by atoms with Gasteiger partial charge in [-0.2, -0.15) is 0 Å². The van der Waals surface area contributed by atoms with E-state index in [9.17, 15) is 4.39 Å². The molecule has 0 aliphatic heterocycles. The number of hydrogen-bond donors (Lipinski definition) is 2. The van der Waals surface area contributed by atoms with E-state index in [0.717, 1.165) is 50.2 Å². The van der Waals surface area contributed by atoms with Gasteiger partial charge in [0.05, 0.1) is 5.69 Å². The first-order valence-corrected chi connectivity index (χ1v) is 9.96. The summed E-state index contributed by atoms with van der Waals surface area (Å²) in [5.74, 6) is -0.0634. The first-order chi connectivity index (χ1) is 13.8. The van der Waals surface area contributed by atoms with E-state index < -0.39 is 0 Å². The monoisotopic (exact) mass is 375 g/mol. The van der Waals surface area contributed by atoms with Crippen LogP contribution in [0.25, 0.3) is 0 Å². The number of aryl methyl sites for hydroxylation is 1. The van der Waals surface area contributed by atoms with Crippen molar-refractivity contribution in [1.82, 2.24) is 15.6 Å². The summed E-state index contributed by atoms with van der Waals surface area (Å²) < 4.78 is 14.0. The van der Waals surface area contributed by atoms with Crippen LogP contribution in [-0.2, 0) is 32.5 Å². The van der Waals surface area contributed by atoms with E-state index in [2.05, 4.69) is 45.9 Å². The van der Waals surface area contributed by atoms with E-state index in [1.807, 2.05) is 30.5 Å². The molecule has 0 spiro atoms. The van der Waals surface area contributed by atoms with E-state index >= 15 is 0 Å². The Balaban J connectivity index is 1.24. The Morgan fingerprint density at radius 1 is 0.893 bits per heavy atom. The quantitative estimate of drug-likeness (QED) is 0.651. The summed E-state index contributed by atoms with van der Waals surface area (Å²) in [5, 5.41) is 7.02. The molecule has 2 N–H and O–H groups in total. The average molecular weight is 375 g/mol. The fourth-order valence-corrected chi connectivity index (χ4v) is 3.79. The normalized spacial score (nSPS) is 16.0. The fraction of sp³-hybridized carbons (Fsp3) is 0.292. The Labute approximate surface area is 166 Å². The van der Waals surface area contributed by atoms with E-state index in [1.54, 1.807) is 6.07 Å². The second kappa shape index (κ2) is 9.09. The van der Waals surface area contributed by atoms with Crippen LogP contribution in [0.4, 0.5) is 4.39 Å². The molecule has 4 heteroatoms. The molecule has 0 radical (unpaired) electrons. The molecular formula is C24H26FN3. The lowest BCUT2D eigenvalue weighted by Crippen LogP contribution is -2.34. The summed E-state index contributed by atoms with van der Waals surface area (Å²) in [5.41, 5.74) is 5.62. The lowest BCUT2D eigenvalue weighted by Gasteiger charge is -2.26. The molecule has 144 valence electrons. The van der Waals surface area contributed by atoms with Gasteiger partial charge in [-0.1, -0.05) is 42.5 Å². The Morgan fingerprint density at radius 2 is 1.71 bits per heavy atom. The van der Waals surface area contributed by atoms with E-state index in [1.165, 1.54) is 16.7 Å². The van der Waals surface area contributed by atoms with Gasteiger partial charge in [0.15, 0.2) is 0 Å². The number of pyridine rings is 1. The Bertz CT molecular complexity index is 893. The number of aromatic nitrogens is 1. The van der Waals surface area contributed by atoms with Crippen LogP contribution in [0.15, 0.2) is 66.9 Å². The summed E-state index contributed by atoms with van der Waals surface area (Å²) >= 11 is 0. The first kappa shape index (κ1) is 18.8. The van der Waals surface area contributed by atoms with Crippen LogP contribution in [0.1, 0.15) is 34.4 Å². The molecule has 1 aromatic heterocycles. The Kier molecular flexibility index (Phi) is 6.10. The maximum atomic E-state index is 14.0. The molecule has 3 aromatic rings. The number of halogens is 1. The molecule has 1 unspecified atom stereocenters. The summed E-state index contributed by atoms with van der Waals surface area (Å²) in [4.78, 5) is 4.32. The summed E-state index contributed by atoms with van der Waals surface area (Å²) in [6.45, 7) is 2.41. The third-order valence-corrected chi connectivity index (χ3v) is 5.41. The molecule has 28 heavy (non-hydrogen) atoms. The molecule has 1 atom stereocenters. The van der Waals surface area contributed by atoms with Crippen molar-refractivity contribution < 1.29 is 4.39 Å². The van der Waals surface area contributed by atoms with Crippen LogP contribution in [0.2, 0.25) is 0 Å². The van der Waals surface area contributed by atoms with Gasteiger partial charge in [0.1, 0.15) is 5.82 Å². The topological polar surface area (TPSA) is 37.0 Å². The van der Waals surface area contributed by atoms with Crippen LogP contribution < -0.4 is 10.6 Å². The molecule has 3 nitrogen and oxygen atoms in total. The predicted octanol–water partition coefficient (Wildman–Crippen LogP) is 4.16. The van der Waals surface area contributed by atoms with Gasteiger partial charge < -0.3 is 10.6 Å². The van der Waals surface area contributed by atoms with Crippen molar-refractivity contribution in [3.8, 4) is 0 Å². The zero-order valence-electron chi connectivity index (χ0n) is 16.0. The SMILES string of the molecule is Fc1cccc2c1CC(NCc1ccc(CNCc3ccccn3)cc1)CC2. The number of fused-ring (bicyclic) bond motifs is 1. The van der Waals surface area contributed by atoms with Crippen LogP contribution in [0.3, 0.4) is 0 Å². The van der Waals surface area contributed by atoms with Crippen molar-refractivity contribution in [1.29, 1.82) is 0 Å². The van der Waals surface area contributed by atoms with E-state index in [0.29, 0.717) is 6.04 Å². The van der Waals surface area contributed by atoms with Gasteiger partial charge in [-0.25, -0.2) is 4.39 Å². The van der Waals surface area contributed by atoms with Gasteiger partial charge >= 0.3 is 0 Å². The van der Waals surface area contributed by atoms with Crippen LogP contribution in [0, 0.1) is 5.82 Å². The van der Waals surface area contributed by atoms with Gasteiger partial charge in [-0.3, -0.25) is 4.98 Å². The Hall–Kier alpha value is -2.56. The minimum absolute atomic E-state index is 0.0634. The molecule has 1 heterocycles. The summed E-state index contributed by atoms with van der Waals surface area (Å²) in [6, 6.07) is 20.4. The van der Waals surface area contributed by atoms with Crippen molar-refractivity contribution in [2.75, 3.05) is 0 Å². The van der Waals surface area contributed by atoms with Gasteiger partial charge in [-0.05, 0) is 59.7 Å². The van der Waals surface area contributed by atoms with Crippen molar-refractivity contribution in [3.63, 3.8) is 0 Å². The first-order valence-electron chi connectivity index (χ1n) is 9.96. The van der Waals surface area contributed by atoms with Crippen LogP contribution >= 0.6 is 0 Å². The maximum Gasteiger partial charge on any atom is 0.126 e. The highest BCUT2D eigenvalue weighted by Crippen LogP contribution is 2.24. The number of benzene rings is 2. The predicted molar refractivity (Wildman–Crippen MR) is 110 cm³/mol. The van der Waals surface area contributed by atoms with Gasteiger partial charge in [0.2, 0.25) is 0 Å². The highest BCUT2D eigenvalue weighted by molar-refractivity contribution is 5.32. The highest BCUT2D eigenvalue weighted by atomic mass is 19.1. The standard InChI is InChI=1S/C24H26FN3/c25-24-6-3-4-20-11-12-21(14-23(20)24)28-16-19-9-7-18(8-10-19)15-26-17-22-5-1-2-13-27-22/h1-10,13,21,26,28H,11-12,14-17H2. The maximum absolute atomic E-state index is 14.0. The molecule has 0 fully saturated rings. The van der Waals surface area contributed by atoms with Gasteiger partial charge in [0, 0.05) is 31.9 Å². The molecule has 2 aromatic carbocycles. The molecule has 0 amide bonds. The molecular weight excluding hydrogens is 349 g/mol.